The van der Waals surface area contributed by atoms with E-state index in [0.29, 0.717) is 19.3 Å². The molecule has 0 spiro atoms. The lowest BCUT2D eigenvalue weighted by molar-refractivity contribution is -0.167. The van der Waals surface area contributed by atoms with E-state index in [4.69, 9.17) is 14.2 Å². The highest BCUT2D eigenvalue weighted by Gasteiger charge is 2.19. The molecule has 0 radical (unpaired) electrons. The topological polar surface area (TPSA) is 78.9 Å². The standard InChI is InChI=1S/C70H112O6/c1-4-7-10-13-16-19-22-25-28-31-33-34-35-36-38-39-42-45-48-51-54-57-60-63-69(72)75-66-67(65-74-68(71)62-59-56-53-50-47-44-41-30-27-24-21-18-15-12-9-6-3)76-70(73)64-61-58-55-52-49-46-43-40-37-32-29-26-23-20-17-14-11-8-5-2/h7-8,10-11,16-17,19-20,25-26,28-30,33-34,36-38,40-42,45-46,49,67H,4-6,9,12-15,18,21-24,27,31-32,35,39,43-44,47-48,50-66H2,1-3H3/b10-7-,11-8-,19-16-,20-17-,28-25-,29-26-,34-33-,38-36-,40-37-,41-30-,45-42-,49-46-. The van der Waals surface area contributed by atoms with Crippen molar-refractivity contribution in [1.29, 1.82) is 0 Å². The van der Waals surface area contributed by atoms with E-state index < -0.39 is 6.10 Å². The van der Waals surface area contributed by atoms with Gasteiger partial charge < -0.3 is 14.2 Å². The van der Waals surface area contributed by atoms with Crippen molar-refractivity contribution in [3.8, 4) is 0 Å². The van der Waals surface area contributed by atoms with Crippen LogP contribution in [-0.2, 0) is 28.6 Å². The number of allylic oxidation sites excluding steroid dienone is 24. The van der Waals surface area contributed by atoms with Gasteiger partial charge in [-0.2, -0.15) is 0 Å². The van der Waals surface area contributed by atoms with Crippen LogP contribution in [-0.4, -0.2) is 37.2 Å². The molecule has 0 aromatic heterocycles. The van der Waals surface area contributed by atoms with Crippen molar-refractivity contribution in [2.75, 3.05) is 13.2 Å². The van der Waals surface area contributed by atoms with Gasteiger partial charge in [0, 0.05) is 19.3 Å². The van der Waals surface area contributed by atoms with E-state index in [1.165, 1.54) is 57.8 Å². The Morgan fingerprint density at radius 2 is 0.513 bits per heavy atom. The molecule has 0 N–H and O–H groups in total. The van der Waals surface area contributed by atoms with Crippen LogP contribution in [0.2, 0.25) is 0 Å². The smallest absolute Gasteiger partial charge is 0.306 e. The molecule has 0 bridgehead atoms. The van der Waals surface area contributed by atoms with E-state index >= 15 is 0 Å². The van der Waals surface area contributed by atoms with E-state index in [9.17, 15) is 14.4 Å². The Balaban J connectivity index is 4.53. The number of carbonyl (C=O) groups is 3. The summed E-state index contributed by atoms with van der Waals surface area (Å²) >= 11 is 0. The normalized spacial score (nSPS) is 13.1. The fourth-order valence-electron chi connectivity index (χ4n) is 8.00. The molecule has 0 rings (SSSR count). The third-order valence-corrected chi connectivity index (χ3v) is 12.6. The number of carbonyl (C=O) groups excluding carboxylic acids is 3. The number of hydrogen-bond acceptors (Lipinski definition) is 6. The van der Waals surface area contributed by atoms with Crippen LogP contribution in [0.15, 0.2) is 146 Å². The zero-order chi connectivity index (χ0) is 55.0. The number of hydrogen-bond donors (Lipinski definition) is 0. The van der Waals surface area contributed by atoms with Gasteiger partial charge in [-0.1, -0.05) is 244 Å². The van der Waals surface area contributed by atoms with E-state index in [0.717, 1.165) is 154 Å². The minimum Gasteiger partial charge on any atom is -0.462 e. The Bertz CT molecular complexity index is 1680. The summed E-state index contributed by atoms with van der Waals surface area (Å²) in [4.78, 5) is 38.3. The number of unbranched alkanes of at least 4 members (excludes halogenated alkanes) is 19. The summed E-state index contributed by atoms with van der Waals surface area (Å²) < 4.78 is 16.9. The zero-order valence-electron chi connectivity index (χ0n) is 49.0. The van der Waals surface area contributed by atoms with Gasteiger partial charge >= 0.3 is 17.9 Å². The van der Waals surface area contributed by atoms with Crippen LogP contribution in [0.25, 0.3) is 0 Å². The van der Waals surface area contributed by atoms with Gasteiger partial charge in [0.2, 0.25) is 0 Å². The Labute approximate surface area is 467 Å². The summed E-state index contributed by atoms with van der Waals surface area (Å²) in [6, 6.07) is 0. The van der Waals surface area contributed by atoms with Crippen molar-refractivity contribution < 1.29 is 28.6 Å². The van der Waals surface area contributed by atoms with Crippen molar-refractivity contribution in [3.63, 3.8) is 0 Å². The zero-order valence-corrected chi connectivity index (χ0v) is 49.0. The molecular formula is C70H112O6. The van der Waals surface area contributed by atoms with Gasteiger partial charge in [-0.25, -0.2) is 0 Å². The molecule has 1 atom stereocenters. The van der Waals surface area contributed by atoms with Gasteiger partial charge in [0.25, 0.3) is 0 Å². The maximum absolute atomic E-state index is 12.9. The Morgan fingerprint density at radius 1 is 0.276 bits per heavy atom. The minimum atomic E-state index is -0.818. The molecule has 0 amide bonds. The highest BCUT2D eigenvalue weighted by molar-refractivity contribution is 5.71. The van der Waals surface area contributed by atoms with Crippen LogP contribution in [0.5, 0.6) is 0 Å². The van der Waals surface area contributed by atoms with E-state index in [-0.39, 0.29) is 37.5 Å². The summed E-state index contributed by atoms with van der Waals surface area (Å²) in [5.41, 5.74) is 0. The molecule has 428 valence electrons. The first-order valence-electron chi connectivity index (χ1n) is 30.8. The summed E-state index contributed by atoms with van der Waals surface area (Å²) in [6.45, 7) is 6.35. The molecule has 0 saturated heterocycles. The van der Waals surface area contributed by atoms with Gasteiger partial charge in [0.15, 0.2) is 6.10 Å². The predicted molar refractivity (Wildman–Crippen MR) is 329 cm³/mol. The summed E-state index contributed by atoms with van der Waals surface area (Å²) in [6.07, 6.45) is 89.8. The van der Waals surface area contributed by atoms with E-state index in [1.807, 2.05) is 0 Å². The van der Waals surface area contributed by atoms with Crippen molar-refractivity contribution >= 4 is 17.9 Å². The van der Waals surface area contributed by atoms with Crippen LogP contribution >= 0.6 is 0 Å². The van der Waals surface area contributed by atoms with E-state index in [1.54, 1.807) is 0 Å². The van der Waals surface area contributed by atoms with Gasteiger partial charge in [0.1, 0.15) is 13.2 Å². The van der Waals surface area contributed by atoms with Crippen molar-refractivity contribution in [2.24, 2.45) is 0 Å². The first-order chi connectivity index (χ1) is 37.5. The third-order valence-electron chi connectivity index (χ3n) is 12.6. The van der Waals surface area contributed by atoms with Crippen LogP contribution in [0, 0.1) is 0 Å². The minimum absolute atomic E-state index is 0.109. The number of rotatable bonds is 54. The van der Waals surface area contributed by atoms with Gasteiger partial charge in [-0.05, 0) is 141 Å². The second-order valence-electron chi connectivity index (χ2n) is 19.8. The average molecular weight is 1050 g/mol. The number of ether oxygens (including phenoxy) is 3. The fraction of sp³-hybridized carbons (Fsp3) is 0.614. The Morgan fingerprint density at radius 3 is 0.829 bits per heavy atom. The van der Waals surface area contributed by atoms with Gasteiger partial charge in [-0.3, -0.25) is 14.4 Å². The maximum Gasteiger partial charge on any atom is 0.306 e. The second kappa shape index (κ2) is 62.8. The summed E-state index contributed by atoms with van der Waals surface area (Å²) in [7, 11) is 0. The molecule has 6 heteroatoms. The molecule has 0 aliphatic rings. The van der Waals surface area contributed by atoms with Gasteiger partial charge in [-0.15, -0.1) is 0 Å². The molecular weight excluding hydrogens is 937 g/mol. The largest absolute Gasteiger partial charge is 0.462 e. The summed E-state index contributed by atoms with van der Waals surface area (Å²) in [5, 5.41) is 0. The molecule has 0 heterocycles. The van der Waals surface area contributed by atoms with Crippen molar-refractivity contribution in [2.45, 2.75) is 264 Å². The molecule has 76 heavy (non-hydrogen) atoms. The molecule has 0 fully saturated rings. The van der Waals surface area contributed by atoms with Crippen molar-refractivity contribution in [3.05, 3.63) is 146 Å². The Kier molecular flexibility index (Phi) is 58.9. The SMILES string of the molecule is CC/C=C\C/C=C\C/C=C\C/C=C\C/C=C\C/C=C\CCCCCCC(=O)OCC(COC(=O)CCCCCCC/C=C\CCCCCCCCC)OC(=O)CCCCC/C=C\C/C=C\C/C=C\C/C=C\C/C=C\CC. The second-order valence-corrected chi connectivity index (χ2v) is 19.8. The lowest BCUT2D eigenvalue weighted by Gasteiger charge is -2.18. The fourth-order valence-corrected chi connectivity index (χ4v) is 8.00. The monoisotopic (exact) mass is 1050 g/mol. The first kappa shape index (κ1) is 71.3. The van der Waals surface area contributed by atoms with E-state index in [2.05, 4.69) is 167 Å². The molecule has 0 aromatic rings. The Hall–Kier alpha value is -4.71. The molecule has 0 aliphatic heterocycles. The summed E-state index contributed by atoms with van der Waals surface area (Å²) in [5.74, 6) is -0.977. The molecule has 0 aliphatic carbocycles. The average Bonchev–Trinajstić information content (AvgIpc) is 3.42. The molecule has 1 unspecified atom stereocenters. The third kappa shape index (κ3) is 60.2. The maximum atomic E-state index is 12.9. The first-order valence-corrected chi connectivity index (χ1v) is 30.8. The molecule has 0 saturated carbocycles. The lowest BCUT2D eigenvalue weighted by atomic mass is 10.1. The van der Waals surface area contributed by atoms with Crippen LogP contribution < -0.4 is 0 Å². The predicted octanol–water partition coefficient (Wildman–Crippen LogP) is 21.2. The quantitative estimate of drug-likeness (QED) is 0.0261. The van der Waals surface area contributed by atoms with Crippen LogP contribution in [0.1, 0.15) is 258 Å². The van der Waals surface area contributed by atoms with Crippen molar-refractivity contribution in [1.82, 2.24) is 0 Å². The highest BCUT2D eigenvalue weighted by atomic mass is 16.6. The highest BCUT2D eigenvalue weighted by Crippen LogP contribution is 2.13. The number of esters is 3. The van der Waals surface area contributed by atoms with Crippen LogP contribution in [0.4, 0.5) is 0 Å². The van der Waals surface area contributed by atoms with Crippen LogP contribution in [0.3, 0.4) is 0 Å². The molecule has 0 aromatic carbocycles. The van der Waals surface area contributed by atoms with Gasteiger partial charge in [0.05, 0.1) is 0 Å². The molecule has 6 nitrogen and oxygen atoms in total. The lowest BCUT2D eigenvalue weighted by Crippen LogP contribution is -2.30.